The number of hydrogen-bond acceptors (Lipinski definition) is 4. The third-order valence-electron chi connectivity index (χ3n) is 6.22. The number of para-hydroxylation sites is 2. The minimum absolute atomic E-state index is 0.0415. The number of nitrogens with one attached hydrogen (secondary N) is 1. The van der Waals surface area contributed by atoms with E-state index < -0.39 is 5.97 Å². The zero-order valence-corrected chi connectivity index (χ0v) is 15.5. The molecule has 1 atom stereocenters. The number of anilines is 2. The van der Waals surface area contributed by atoms with Crippen LogP contribution in [0.4, 0.5) is 11.4 Å². The third-order valence-corrected chi connectivity index (χ3v) is 6.22. The first kappa shape index (κ1) is 18.5. The molecule has 2 heterocycles. The lowest BCUT2D eigenvalue weighted by Crippen LogP contribution is -2.43. The van der Waals surface area contributed by atoms with E-state index in [-0.39, 0.29) is 48.4 Å². The molecule has 1 saturated carbocycles. The molecule has 2 aliphatic heterocycles. The monoisotopic (exact) mass is 385 g/mol. The highest BCUT2D eigenvalue weighted by atomic mass is 16.4. The predicted molar refractivity (Wildman–Crippen MR) is 101 cm³/mol. The van der Waals surface area contributed by atoms with Crippen molar-refractivity contribution >= 4 is 35.1 Å². The van der Waals surface area contributed by atoms with Gasteiger partial charge in [-0.1, -0.05) is 12.1 Å². The summed E-state index contributed by atoms with van der Waals surface area (Å²) in [7, 11) is 0. The SMILES string of the molecule is O=C1CN(C(=O)CCC(=O)N2CCC3(CC2)CC3C(=O)O)c2ccccc2N1. The van der Waals surface area contributed by atoms with E-state index >= 15 is 0 Å². The van der Waals surface area contributed by atoms with E-state index in [4.69, 9.17) is 5.11 Å². The Morgan fingerprint density at radius 2 is 1.79 bits per heavy atom. The predicted octanol–water partition coefficient (Wildman–Crippen LogP) is 1.47. The largest absolute Gasteiger partial charge is 0.481 e. The molecular weight excluding hydrogens is 362 g/mol. The van der Waals surface area contributed by atoms with Gasteiger partial charge in [0.05, 0.1) is 17.3 Å². The number of benzene rings is 1. The van der Waals surface area contributed by atoms with Crippen molar-refractivity contribution in [3.05, 3.63) is 24.3 Å². The van der Waals surface area contributed by atoms with Crippen molar-refractivity contribution in [2.45, 2.75) is 32.1 Å². The molecule has 2 fully saturated rings. The van der Waals surface area contributed by atoms with Gasteiger partial charge in [0.2, 0.25) is 17.7 Å². The molecule has 148 valence electrons. The van der Waals surface area contributed by atoms with Crippen LogP contribution in [0, 0.1) is 11.3 Å². The fourth-order valence-corrected chi connectivity index (χ4v) is 4.41. The fourth-order valence-electron chi connectivity index (χ4n) is 4.41. The molecule has 4 rings (SSSR count). The number of aliphatic carboxylic acids is 1. The number of amides is 3. The minimum Gasteiger partial charge on any atom is -0.481 e. The summed E-state index contributed by atoms with van der Waals surface area (Å²) in [6, 6.07) is 7.10. The topological polar surface area (TPSA) is 107 Å². The molecule has 8 heteroatoms. The van der Waals surface area contributed by atoms with Gasteiger partial charge in [0.1, 0.15) is 6.54 Å². The third kappa shape index (κ3) is 3.34. The van der Waals surface area contributed by atoms with Crippen LogP contribution < -0.4 is 10.2 Å². The molecule has 1 unspecified atom stereocenters. The van der Waals surface area contributed by atoms with Gasteiger partial charge in [-0.05, 0) is 36.8 Å². The molecular formula is C20H23N3O5. The number of carboxylic acid groups (broad SMARTS) is 1. The summed E-state index contributed by atoms with van der Waals surface area (Å²) >= 11 is 0. The van der Waals surface area contributed by atoms with Crippen LogP contribution in [0.15, 0.2) is 24.3 Å². The Balaban J connectivity index is 1.30. The standard InChI is InChI=1S/C20H23N3O5/c24-16-12-23(15-4-2-1-3-14(15)21-16)18(26)6-5-17(25)22-9-7-20(8-10-22)11-13(20)19(27)28/h1-4,13H,5-12H2,(H,21,24)(H,27,28). The molecule has 1 aromatic rings. The van der Waals surface area contributed by atoms with Crippen LogP contribution in [-0.4, -0.2) is 53.3 Å². The molecule has 1 spiro atoms. The molecule has 0 bridgehead atoms. The Hall–Kier alpha value is -2.90. The maximum atomic E-state index is 12.6. The zero-order chi connectivity index (χ0) is 19.9. The van der Waals surface area contributed by atoms with Gasteiger partial charge < -0.3 is 20.2 Å². The van der Waals surface area contributed by atoms with Gasteiger partial charge >= 0.3 is 5.97 Å². The second kappa shape index (κ2) is 6.92. The minimum atomic E-state index is -0.740. The van der Waals surface area contributed by atoms with Crippen molar-refractivity contribution < 1.29 is 24.3 Å². The van der Waals surface area contributed by atoms with Gasteiger partial charge in [0, 0.05) is 25.9 Å². The zero-order valence-electron chi connectivity index (χ0n) is 15.5. The first-order valence-electron chi connectivity index (χ1n) is 9.59. The lowest BCUT2D eigenvalue weighted by Gasteiger charge is -2.33. The maximum absolute atomic E-state index is 12.6. The van der Waals surface area contributed by atoms with E-state index in [2.05, 4.69) is 5.32 Å². The number of hydrogen-bond donors (Lipinski definition) is 2. The molecule has 1 saturated heterocycles. The molecule has 1 aromatic carbocycles. The van der Waals surface area contributed by atoms with E-state index in [0.717, 1.165) is 0 Å². The van der Waals surface area contributed by atoms with E-state index in [1.165, 1.54) is 4.90 Å². The average Bonchev–Trinajstić information content (AvgIpc) is 3.39. The lowest BCUT2D eigenvalue weighted by molar-refractivity contribution is -0.140. The number of rotatable bonds is 4. The lowest BCUT2D eigenvalue weighted by atomic mass is 9.90. The smallest absolute Gasteiger partial charge is 0.307 e. The highest BCUT2D eigenvalue weighted by Crippen LogP contribution is 2.59. The maximum Gasteiger partial charge on any atom is 0.307 e. The molecule has 8 nitrogen and oxygen atoms in total. The summed E-state index contributed by atoms with van der Waals surface area (Å²) in [5.74, 6) is -1.60. The van der Waals surface area contributed by atoms with Crippen molar-refractivity contribution in [2.24, 2.45) is 11.3 Å². The van der Waals surface area contributed by atoms with E-state index in [0.29, 0.717) is 43.7 Å². The number of carboxylic acids is 1. The van der Waals surface area contributed by atoms with E-state index in [9.17, 15) is 19.2 Å². The van der Waals surface area contributed by atoms with Crippen molar-refractivity contribution in [3.8, 4) is 0 Å². The molecule has 0 radical (unpaired) electrons. The summed E-state index contributed by atoms with van der Waals surface area (Å²) in [6.45, 7) is 1.05. The van der Waals surface area contributed by atoms with Gasteiger partial charge in [0.25, 0.3) is 0 Å². The molecule has 2 N–H and O–H groups in total. The number of piperidine rings is 1. The second-order valence-electron chi connectivity index (χ2n) is 7.88. The molecule has 1 aliphatic carbocycles. The summed E-state index contributed by atoms with van der Waals surface area (Å²) in [4.78, 5) is 51.3. The summed E-state index contributed by atoms with van der Waals surface area (Å²) in [5, 5.41) is 11.9. The first-order chi connectivity index (χ1) is 13.4. The van der Waals surface area contributed by atoms with Crippen LogP contribution in [0.1, 0.15) is 32.1 Å². The number of fused-ring (bicyclic) bond motifs is 1. The van der Waals surface area contributed by atoms with Crippen molar-refractivity contribution in [2.75, 3.05) is 29.9 Å². The number of carbonyl (C=O) groups is 4. The highest BCUT2D eigenvalue weighted by molar-refractivity contribution is 6.10. The van der Waals surface area contributed by atoms with Crippen LogP contribution in [-0.2, 0) is 19.2 Å². The van der Waals surface area contributed by atoms with Gasteiger partial charge in [-0.15, -0.1) is 0 Å². The van der Waals surface area contributed by atoms with Crippen LogP contribution >= 0.6 is 0 Å². The van der Waals surface area contributed by atoms with Gasteiger partial charge in [0.15, 0.2) is 0 Å². The number of nitrogens with zero attached hydrogens (tertiary/aromatic N) is 2. The quantitative estimate of drug-likeness (QED) is 0.816. The summed E-state index contributed by atoms with van der Waals surface area (Å²) < 4.78 is 0. The van der Waals surface area contributed by atoms with Gasteiger partial charge in [-0.25, -0.2) is 0 Å². The fraction of sp³-hybridized carbons (Fsp3) is 0.500. The second-order valence-corrected chi connectivity index (χ2v) is 7.88. The van der Waals surface area contributed by atoms with Gasteiger partial charge in [-0.2, -0.15) is 0 Å². The van der Waals surface area contributed by atoms with Crippen molar-refractivity contribution in [1.82, 2.24) is 4.90 Å². The molecule has 28 heavy (non-hydrogen) atoms. The van der Waals surface area contributed by atoms with E-state index in [1.807, 2.05) is 0 Å². The molecule has 0 aromatic heterocycles. The number of likely N-dealkylation sites (tertiary alicyclic amines) is 1. The first-order valence-corrected chi connectivity index (χ1v) is 9.59. The summed E-state index contributed by atoms with van der Waals surface area (Å²) in [5.41, 5.74) is 1.12. The van der Waals surface area contributed by atoms with Crippen molar-refractivity contribution in [3.63, 3.8) is 0 Å². The Morgan fingerprint density at radius 1 is 1.11 bits per heavy atom. The number of carbonyl (C=O) groups excluding carboxylic acids is 3. The molecule has 3 amide bonds. The molecule has 3 aliphatic rings. The van der Waals surface area contributed by atoms with Gasteiger partial charge in [-0.3, -0.25) is 19.2 Å². The van der Waals surface area contributed by atoms with Crippen LogP contribution in [0.3, 0.4) is 0 Å². The van der Waals surface area contributed by atoms with Crippen LogP contribution in [0.2, 0.25) is 0 Å². The normalized spacial score (nSPS) is 22.4. The van der Waals surface area contributed by atoms with Crippen LogP contribution in [0.25, 0.3) is 0 Å². The Kier molecular flexibility index (Phi) is 4.56. The Bertz CT molecular complexity index is 844. The van der Waals surface area contributed by atoms with Crippen LogP contribution in [0.5, 0.6) is 0 Å². The Labute approximate surface area is 162 Å². The highest BCUT2D eigenvalue weighted by Gasteiger charge is 2.59. The average molecular weight is 385 g/mol. The van der Waals surface area contributed by atoms with Crippen molar-refractivity contribution in [1.29, 1.82) is 0 Å². The summed E-state index contributed by atoms with van der Waals surface area (Å²) in [6.07, 6.45) is 2.26. The Morgan fingerprint density at radius 3 is 2.46 bits per heavy atom. The van der Waals surface area contributed by atoms with E-state index in [1.54, 1.807) is 29.2 Å².